The Morgan fingerprint density at radius 3 is 1.93 bits per heavy atom. The molecule has 0 atom stereocenters. The van der Waals surface area contributed by atoms with Crippen molar-refractivity contribution in [3.63, 3.8) is 0 Å². The predicted octanol–water partition coefficient (Wildman–Crippen LogP) is 8.27. The number of rotatable bonds is 8. The van der Waals surface area contributed by atoms with Crippen molar-refractivity contribution < 1.29 is 4.79 Å². The Labute approximate surface area is 262 Å². The summed E-state index contributed by atoms with van der Waals surface area (Å²) in [6, 6.07) is 32.0. The van der Waals surface area contributed by atoms with Crippen molar-refractivity contribution in [2.75, 3.05) is 18.0 Å². The molecule has 1 aromatic heterocycles. The van der Waals surface area contributed by atoms with Crippen LogP contribution >= 0.6 is 23.2 Å². The van der Waals surface area contributed by atoms with Gasteiger partial charge in [-0.15, -0.1) is 0 Å². The fraction of sp³-hybridized carbons (Fsp3) is 0.278. The SMILES string of the molecule is NC(=O)Cc1ccc(N2CCC(c3nn(C4CC4)c4ccc(C(c5ccc(Cl)cc5)c5ccc(Cl)cc5)cc34)CC2)cc1. The molecular weight excluding hydrogens is 575 g/mol. The molecule has 0 bridgehead atoms. The molecule has 5 aromatic rings. The number of amides is 1. The van der Waals surface area contributed by atoms with Crippen LogP contribution in [0.5, 0.6) is 0 Å². The van der Waals surface area contributed by atoms with E-state index in [9.17, 15) is 4.79 Å². The van der Waals surface area contributed by atoms with E-state index >= 15 is 0 Å². The lowest BCUT2D eigenvalue weighted by Crippen LogP contribution is -2.33. The van der Waals surface area contributed by atoms with Gasteiger partial charge < -0.3 is 10.6 Å². The Morgan fingerprint density at radius 2 is 1.37 bits per heavy atom. The fourth-order valence-corrected chi connectivity index (χ4v) is 6.84. The number of halogens is 2. The number of hydrogen-bond donors (Lipinski definition) is 1. The molecule has 43 heavy (non-hydrogen) atoms. The van der Waals surface area contributed by atoms with Gasteiger partial charge in [-0.3, -0.25) is 9.48 Å². The van der Waals surface area contributed by atoms with E-state index in [1.54, 1.807) is 0 Å². The number of benzene rings is 4. The minimum Gasteiger partial charge on any atom is -0.371 e. The van der Waals surface area contributed by atoms with Gasteiger partial charge in [-0.05, 0) is 96.5 Å². The number of anilines is 1. The van der Waals surface area contributed by atoms with Crippen molar-refractivity contribution in [3.05, 3.63) is 129 Å². The molecule has 2 aliphatic rings. The van der Waals surface area contributed by atoms with Gasteiger partial charge >= 0.3 is 0 Å². The summed E-state index contributed by atoms with van der Waals surface area (Å²) >= 11 is 12.6. The molecule has 2 N–H and O–H groups in total. The molecule has 1 saturated heterocycles. The topological polar surface area (TPSA) is 64.2 Å². The summed E-state index contributed by atoms with van der Waals surface area (Å²) < 4.78 is 2.29. The van der Waals surface area contributed by atoms with E-state index in [1.807, 2.05) is 36.4 Å². The highest BCUT2D eigenvalue weighted by Crippen LogP contribution is 2.42. The second-order valence-electron chi connectivity index (χ2n) is 11.9. The molecule has 2 heterocycles. The van der Waals surface area contributed by atoms with E-state index in [0.29, 0.717) is 12.0 Å². The van der Waals surface area contributed by atoms with Crippen LogP contribution in [0.25, 0.3) is 10.9 Å². The molecule has 4 aromatic carbocycles. The average Bonchev–Trinajstić information content (AvgIpc) is 3.80. The highest BCUT2D eigenvalue weighted by atomic mass is 35.5. The number of nitrogens with zero attached hydrogens (tertiary/aromatic N) is 3. The van der Waals surface area contributed by atoms with Gasteiger partial charge in [0.25, 0.3) is 0 Å². The van der Waals surface area contributed by atoms with Crippen LogP contribution in [0, 0.1) is 0 Å². The van der Waals surface area contributed by atoms with Crippen molar-refractivity contribution in [1.29, 1.82) is 0 Å². The number of aromatic nitrogens is 2. The molecule has 7 rings (SSSR count). The van der Waals surface area contributed by atoms with Crippen LogP contribution in [0.3, 0.4) is 0 Å². The van der Waals surface area contributed by atoms with Gasteiger partial charge in [-0.2, -0.15) is 5.10 Å². The van der Waals surface area contributed by atoms with Crippen LogP contribution in [0.2, 0.25) is 10.0 Å². The third kappa shape index (κ3) is 5.89. The molecule has 2 fully saturated rings. The van der Waals surface area contributed by atoms with Crippen molar-refractivity contribution in [1.82, 2.24) is 9.78 Å². The maximum atomic E-state index is 11.3. The van der Waals surface area contributed by atoms with Gasteiger partial charge in [0.1, 0.15) is 0 Å². The third-order valence-corrected chi connectivity index (χ3v) is 9.46. The molecule has 5 nitrogen and oxygen atoms in total. The third-order valence-electron chi connectivity index (χ3n) is 8.95. The standard InChI is InChI=1S/C36H34Cl2N4O/c37-28-8-3-24(4-9-28)35(25-5-10-29(38)11-6-25)27-7-16-33-32(22-27)36(40-42(33)31-14-15-31)26-17-19-41(20-18-26)30-12-1-23(2-13-30)21-34(39)43/h1-13,16,22,26,31,35H,14-15,17-21H2,(H2,39,43). The van der Waals surface area contributed by atoms with Gasteiger partial charge in [-0.25, -0.2) is 0 Å². The highest BCUT2D eigenvalue weighted by molar-refractivity contribution is 6.30. The zero-order valence-corrected chi connectivity index (χ0v) is 25.4. The van der Waals surface area contributed by atoms with Crippen LogP contribution in [0.15, 0.2) is 91.0 Å². The molecule has 0 radical (unpaired) electrons. The van der Waals surface area contributed by atoms with Gasteiger partial charge in [0, 0.05) is 46.0 Å². The second kappa shape index (κ2) is 11.7. The first-order valence-electron chi connectivity index (χ1n) is 15.1. The molecule has 0 unspecified atom stereocenters. The van der Waals surface area contributed by atoms with E-state index in [0.717, 1.165) is 41.5 Å². The average molecular weight is 610 g/mol. The smallest absolute Gasteiger partial charge is 0.221 e. The number of primary amides is 1. The van der Waals surface area contributed by atoms with Crippen LogP contribution in [0.1, 0.15) is 71.5 Å². The summed E-state index contributed by atoms with van der Waals surface area (Å²) in [6.45, 7) is 1.94. The van der Waals surface area contributed by atoms with Crippen LogP contribution < -0.4 is 10.6 Å². The zero-order chi connectivity index (χ0) is 29.5. The maximum Gasteiger partial charge on any atom is 0.221 e. The Balaban J connectivity index is 1.21. The summed E-state index contributed by atoms with van der Waals surface area (Å²) in [5.41, 5.74) is 13.6. The number of carbonyl (C=O) groups excluding carboxylic acids is 1. The summed E-state index contributed by atoms with van der Waals surface area (Å²) in [5, 5.41) is 8.03. The maximum absolute atomic E-state index is 11.3. The Morgan fingerprint density at radius 1 is 0.791 bits per heavy atom. The summed E-state index contributed by atoms with van der Waals surface area (Å²) in [5.74, 6) is 0.144. The van der Waals surface area contributed by atoms with Gasteiger partial charge in [-0.1, -0.05) is 65.7 Å². The lowest BCUT2D eigenvalue weighted by atomic mass is 9.84. The molecular formula is C36H34Cl2N4O. The Hall–Kier alpha value is -3.80. The van der Waals surface area contributed by atoms with Gasteiger partial charge in [0.2, 0.25) is 5.91 Å². The largest absolute Gasteiger partial charge is 0.371 e. The van der Waals surface area contributed by atoms with Crippen molar-refractivity contribution in [2.24, 2.45) is 5.73 Å². The Kier molecular flexibility index (Phi) is 7.62. The zero-order valence-electron chi connectivity index (χ0n) is 23.9. The van der Waals surface area contributed by atoms with E-state index in [1.165, 1.54) is 51.8 Å². The number of nitrogens with two attached hydrogens (primary N) is 1. The van der Waals surface area contributed by atoms with Crippen LogP contribution in [-0.2, 0) is 11.2 Å². The van der Waals surface area contributed by atoms with Crippen molar-refractivity contribution in [2.45, 2.75) is 50.0 Å². The summed E-state index contributed by atoms with van der Waals surface area (Å²) in [6.07, 6.45) is 4.75. The molecule has 7 heteroatoms. The fourth-order valence-electron chi connectivity index (χ4n) is 6.59. The predicted molar refractivity (Wildman–Crippen MR) is 175 cm³/mol. The highest BCUT2D eigenvalue weighted by Gasteiger charge is 2.31. The number of hydrogen-bond acceptors (Lipinski definition) is 3. The molecule has 1 aliphatic carbocycles. The van der Waals surface area contributed by atoms with Gasteiger partial charge in [0.15, 0.2) is 0 Å². The molecule has 0 spiro atoms. The first kappa shape index (κ1) is 28.0. The molecule has 1 aliphatic heterocycles. The molecule has 218 valence electrons. The molecule has 1 amide bonds. The minimum absolute atomic E-state index is 0.0513. The van der Waals surface area contributed by atoms with Crippen LogP contribution in [0.4, 0.5) is 5.69 Å². The van der Waals surface area contributed by atoms with E-state index < -0.39 is 0 Å². The second-order valence-corrected chi connectivity index (χ2v) is 12.8. The lowest BCUT2D eigenvalue weighted by molar-refractivity contribution is -0.117. The first-order valence-corrected chi connectivity index (χ1v) is 15.8. The van der Waals surface area contributed by atoms with Crippen molar-refractivity contribution in [3.8, 4) is 0 Å². The molecule has 1 saturated carbocycles. The normalized spacial score (nSPS) is 15.8. The van der Waals surface area contributed by atoms with Gasteiger partial charge in [0.05, 0.1) is 23.7 Å². The monoisotopic (exact) mass is 608 g/mol. The summed E-state index contributed by atoms with van der Waals surface area (Å²) in [7, 11) is 0. The number of fused-ring (bicyclic) bond motifs is 1. The Bertz CT molecular complexity index is 1710. The minimum atomic E-state index is -0.303. The van der Waals surface area contributed by atoms with E-state index in [2.05, 4.69) is 64.2 Å². The van der Waals surface area contributed by atoms with E-state index in [4.69, 9.17) is 34.0 Å². The number of piperidine rings is 1. The van der Waals surface area contributed by atoms with Crippen molar-refractivity contribution >= 4 is 45.7 Å². The van der Waals surface area contributed by atoms with Crippen LogP contribution in [-0.4, -0.2) is 28.8 Å². The quantitative estimate of drug-likeness (QED) is 0.180. The number of carbonyl (C=O) groups is 1. The lowest BCUT2D eigenvalue weighted by Gasteiger charge is -2.33. The van der Waals surface area contributed by atoms with E-state index in [-0.39, 0.29) is 18.2 Å². The summed E-state index contributed by atoms with van der Waals surface area (Å²) in [4.78, 5) is 13.7. The first-order chi connectivity index (χ1) is 20.9.